The quantitative estimate of drug-likeness (QED) is 0.759. The molecule has 5 nitrogen and oxygen atoms in total. The molecule has 0 radical (unpaired) electrons. The standard InChI is InChI=1S/C16H20N2O3S/c1-12-14(15(19)17-8-9-21-11-10-20-2)22-16(18-12)13-6-4-3-5-7-13/h3-7H,8-11H2,1-2H3,(H,17,19). The molecule has 2 rings (SSSR count). The number of rotatable bonds is 8. The Morgan fingerprint density at radius 3 is 2.73 bits per heavy atom. The van der Waals surface area contributed by atoms with Crippen LogP contribution < -0.4 is 5.32 Å². The summed E-state index contributed by atoms with van der Waals surface area (Å²) >= 11 is 1.41. The van der Waals surface area contributed by atoms with Crippen LogP contribution in [0.5, 0.6) is 0 Å². The number of thiazole rings is 1. The van der Waals surface area contributed by atoms with E-state index in [1.807, 2.05) is 37.3 Å². The molecule has 2 aromatic rings. The lowest BCUT2D eigenvalue weighted by Gasteiger charge is -2.05. The van der Waals surface area contributed by atoms with Crippen molar-refractivity contribution in [2.45, 2.75) is 6.92 Å². The number of nitrogens with one attached hydrogen (secondary N) is 1. The Labute approximate surface area is 134 Å². The molecule has 0 aliphatic carbocycles. The Balaban J connectivity index is 1.89. The predicted molar refractivity (Wildman–Crippen MR) is 87.3 cm³/mol. The average molecular weight is 320 g/mol. The zero-order valence-corrected chi connectivity index (χ0v) is 13.6. The molecule has 22 heavy (non-hydrogen) atoms. The summed E-state index contributed by atoms with van der Waals surface area (Å²) in [5, 5.41) is 3.71. The van der Waals surface area contributed by atoms with Gasteiger partial charge in [-0.3, -0.25) is 4.79 Å². The van der Waals surface area contributed by atoms with Crippen LogP contribution in [0.4, 0.5) is 0 Å². The minimum Gasteiger partial charge on any atom is -0.382 e. The van der Waals surface area contributed by atoms with E-state index in [1.54, 1.807) is 7.11 Å². The number of carbonyl (C=O) groups excluding carboxylic acids is 1. The summed E-state index contributed by atoms with van der Waals surface area (Å²) in [6.07, 6.45) is 0. The molecule has 0 unspecified atom stereocenters. The Kier molecular flexibility index (Phi) is 6.51. The van der Waals surface area contributed by atoms with Crippen molar-refractivity contribution in [3.63, 3.8) is 0 Å². The molecule has 0 aliphatic heterocycles. The van der Waals surface area contributed by atoms with Crippen LogP contribution in [0.25, 0.3) is 10.6 Å². The number of aromatic nitrogens is 1. The summed E-state index contributed by atoms with van der Waals surface area (Å²) in [6, 6.07) is 9.86. The highest BCUT2D eigenvalue weighted by Crippen LogP contribution is 2.27. The first-order valence-electron chi connectivity index (χ1n) is 7.10. The Hall–Kier alpha value is -1.76. The van der Waals surface area contributed by atoms with Gasteiger partial charge in [-0.15, -0.1) is 11.3 Å². The van der Waals surface area contributed by atoms with Gasteiger partial charge in [0.1, 0.15) is 9.88 Å². The van der Waals surface area contributed by atoms with Crippen molar-refractivity contribution < 1.29 is 14.3 Å². The van der Waals surface area contributed by atoms with Crippen molar-refractivity contribution in [3.05, 3.63) is 40.9 Å². The Morgan fingerprint density at radius 1 is 1.23 bits per heavy atom. The second kappa shape index (κ2) is 8.63. The summed E-state index contributed by atoms with van der Waals surface area (Å²) in [7, 11) is 1.63. The lowest BCUT2D eigenvalue weighted by atomic mass is 10.2. The van der Waals surface area contributed by atoms with Gasteiger partial charge in [-0.05, 0) is 6.92 Å². The number of methoxy groups -OCH3 is 1. The van der Waals surface area contributed by atoms with Crippen molar-refractivity contribution in [1.29, 1.82) is 0 Å². The maximum atomic E-state index is 12.2. The number of carbonyl (C=O) groups is 1. The van der Waals surface area contributed by atoms with Gasteiger partial charge in [0.25, 0.3) is 5.91 Å². The van der Waals surface area contributed by atoms with E-state index >= 15 is 0 Å². The highest BCUT2D eigenvalue weighted by atomic mass is 32.1. The first-order chi connectivity index (χ1) is 10.7. The largest absolute Gasteiger partial charge is 0.382 e. The molecule has 0 saturated heterocycles. The molecule has 0 aliphatic rings. The second-order valence-electron chi connectivity index (χ2n) is 4.66. The van der Waals surface area contributed by atoms with Crippen molar-refractivity contribution in [2.24, 2.45) is 0 Å². The van der Waals surface area contributed by atoms with Gasteiger partial charge in [-0.25, -0.2) is 4.98 Å². The predicted octanol–water partition coefficient (Wildman–Crippen LogP) is 2.51. The third-order valence-corrected chi connectivity index (χ3v) is 4.19. The first-order valence-corrected chi connectivity index (χ1v) is 7.91. The number of nitrogens with zero attached hydrogens (tertiary/aromatic N) is 1. The SMILES string of the molecule is COCCOCCNC(=O)c1sc(-c2ccccc2)nc1C. The van der Waals surface area contributed by atoms with Crippen LogP contribution in [-0.2, 0) is 9.47 Å². The minimum atomic E-state index is -0.104. The van der Waals surface area contributed by atoms with E-state index in [0.29, 0.717) is 31.2 Å². The third-order valence-electron chi connectivity index (χ3n) is 2.99. The number of amides is 1. The van der Waals surface area contributed by atoms with Gasteiger partial charge in [0.05, 0.1) is 25.5 Å². The van der Waals surface area contributed by atoms with Gasteiger partial charge in [0.2, 0.25) is 0 Å². The highest BCUT2D eigenvalue weighted by Gasteiger charge is 2.15. The first kappa shape index (κ1) is 16.6. The smallest absolute Gasteiger partial charge is 0.263 e. The topological polar surface area (TPSA) is 60.5 Å². The fraction of sp³-hybridized carbons (Fsp3) is 0.375. The van der Waals surface area contributed by atoms with Crippen molar-refractivity contribution in [2.75, 3.05) is 33.5 Å². The van der Waals surface area contributed by atoms with Crippen molar-refractivity contribution in [3.8, 4) is 10.6 Å². The molecular weight excluding hydrogens is 300 g/mol. The maximum Gasteiger partial charge on any atom is 0.263 e. The summed E-state index contributed by atoms with van der Waals surface area (Å²) in [5.41, 5.74) is 1.78. The van der Waals surface area contributed by atoms with Gasteiger partial charge < -0.3 is 14.8 Å². The zero-order valence-electron chi connectivity index (χ0n) is 12.8. The molecule has 1 amide bonds. The number of benzene rings is 1. The summed E-state index contributed by atoms with van der Waals surface area (Å²) in [5.74, 6) is -0.104. The van der Waals surface area contributed by atoms with Gasteiger partial charge in [-0.2, -0.15) is 0 Å². The molecule has 0 fully saturated rings. The third kappa shape index (κ3) is 4.62. The molecule has 6 heteroatoms. The fourth-order valence-corrected chi connectivity index (χ4v) is 2.86. The summed E-state index contributed by atoms with van der Waals surface area (Å²) < 4.78 is 10.2. The second-order valence-corrected chi connectivity index (χ2v) is 5.66. The van der Waals surface area contributed by atoms with Gasteiger partial charge in [0.15, 0.2) is 0 Å². The minimum absolute atomic E-state index is 0.104. The normalized spacial score (nSPS) is 10.6. The number of ether oxygens (including phenoxy) is 2. The van der Waals surface area contributed by atoms with E-state index < -0.39 is 0 Å². The lowest BCUT2D eigenvalue weighted by Crippen LogP contribution is -2.27. The van der Waals surface area contributed by atoms with Crippen LogP contribution in [0.3, 0.4) is 0 Å². The lowest BCUT2D eigenvalue weighted by molar-refractivity contribution is 0.0693. The van der Waals surface area contributed by atoms with E-state index in [1.165, 1.54) is 11.3 Å². The molecular formula is C16H20N2O3S. The number of hydrogen-bond acceptors (Lipinski definition) is 5. The maximum absolute atomic E-state index is 12.2. The van der Waals surface area contributed by atoms with E-state index in [2.05, 4.69) is 10.3 Å². The molecule has 0 spiro atoms. The summed E-state index contributed by atoms with van der Waals surface area (Å²) in [4.78, 5) is 17.3. The van der Waals surface area contributed by atoms with Gasteiger partial charge in [-0.1, -0.05) is 30.3 Å². The van der Waals surface area contributed by atoms with Crippen LogP contribution in [0.1, 0.15) is 15.4 Å². The zero-order chi connectivity index (χ0) is 15.8. The molecule has 1 aromatic carbocycles. The fourth-order valence-electron chi connectivity index (χ4n) is 1.87. The molecule has 0 bridgehead atoms. The van der Waals surface area contributed by atoms with Gasteiger partial charge >= 0.3 is 0 Å². The van der Waals surface area contributed by atoms with Crippen LogP contribution in [0, 0.1) is 6.92 Å². The monoisotopic (exact) mass is 320 g/mol. The van der Waals surface area contributed by atoms with E-state index in [0.717, 1.165) is 16.3 Å². The van der Waals surface area contributed by atoms with E-state index in [9.17, 15) is 4.79 Å². The molecule has 1 N–H and O–H groups in total. The van der Waals surface area contributed by atoms with Crippen LogP contribution in [0.2, 0.25) is 0 Å². The van der Waals surface area contributed by atoms with E-state index in [-0.39, 0.29) is 5.91 Å². The molecule has 0 saturated carbocycles. The Bertz CT molecular complexity index is 599. The van der Waals surface area contributed by atoms with Gasteiger partial charge in [0, 0.05) is 19.2 Å². The van der Waals surface area contributed by atoms with Crippen LogP contribution >= 0.6 is 11.3 Å². The molecule has 1 heterocycles. The van der Waals surface area contributed by atoms with E-state index in [4.69, 9.17) is 9.47 Å². The summed E-state index contributed by atoms with van der Waals surface area (Å²) in [6.45, 7) is 3.89. The van der Waals surface area contributed by atoms with Crippen LogP contribution in [-0.4, -0.2) is 44.4 Å². The highest BCUT2D eigenvalue weighted by molar-refractivity contribution is 7.17. The average Bonchev–Trinajstić information content (AvgIpc) is 2.93. The number of aryl methyl sites for hydroxylation is 1. The van der Waals surface area contributed by atoms with Crippen LogP contribution in [0.15, 0.2) is 30.3 Å². The van der Waals surface area contributed by atoms with Crippen molar-refractivity contribution >= 4 is 17.2 Å². The van der Waals surface area contributed by atoms with Crippen molar-refractivity contribution in [1.82, 2.24) is 10.3 Å². The molecule has 118 valence electrons. The Morgan fingerprint density at radius 2 is 2.00 bits per heavy atom. The molecule has 1 aromatic heterocycles. The molecule has 0 atom stereocenters. The number of hydrogen-bond donors (Lipinski definition) is 1.